The zero-order valence-corrected chi connectivity index (χ0v) is 4.54. The Bertz CT molecular complexity index is 459. The van der Waals surface area contributed by atoms with Crippen molar-refractivity contribution in [2.45, 2.75) is 0 Å². The van der Waals surface area contributed by atoms with E-state index in [1.165, 1.54) is 0 Å². The van der Waals surface area contributed by atoms with Gasteiger partial charge in [-0.25, -0.2) is 4.79 Å². The van der Waals surface area contributed by atoms with Crippen molar-refractivity contribution in [1.82, 2.24) is 0 Å². The fraction of sp³-hybridized carbons (Fsp3) is 0. The zero-order valence-electron chi connectivity index (χ0n) is 4.54. The van der Waals surface area contributed by atoms with Gasteiger partial charge in [0.05, 0.1) is 0 Å². The summed E-state index contributed by atoms with van der Waals surface area (Å²) in [5.74, 6) is -1.01. The monoisotopic (exact) mass is 140 g/mol. The molecule has 1 aromatic heterocycles. The Morgan fingerprint density at radius 3 is 1.60 bits per heavy atom. The van der Waals surface area contributed by atoms with Crippen LogP contribution in [0.3, 0.4) is 0 Å². The predicted molar refractivity (Wildman–Crippen MR) is 29.7 cm³/mol. The highest BCUT2D eigenvalue weighted by Crippen LogP contribution is 2.01. The molecular formula is C5O5. The normalized spacial score (nSPS) is 11.2. The summed E-state index contributed by atoms with van der Waals surface area (Å²) in [5, 5.41) is 0. The molecule has 0 saturated carbocycles. The summed E-state index contributed by atoms with van der Waals surface area (Å²) >= 11 is 0. The average Bonchev–Trinajstić information content (AvgIpc) is 2.27. The van der Waals surface area contributed by atoms with E-state index in [2.05, 4.69) is 8.83 Å². The van der Waals surface area contributed by atoms with Gasteiger partial charge in [-0.1, -0.05) is 0 Å². The third kappa shape index (κ3) is 0.364. The smallest absolute Gasteiger partial charge is 0.386 e. The molecule has 0 fully saturated rings. The number of hydrogen-bond donors (Lipinski definition) is 0. The van der Waals surface area contributed by atoms with Crippen molar-refractivity contribution in [3.63, 3.8) is 0 Å². The van der Waals surface area contributed by atoms with Gasteiger partial charge in [-0.15, -0.1) is 0 Å². The summed E-state index contributed by atoms with van der Waals surface area (Å²) in [6, 6.07) is 0. The molecule has 0 amide bonds. The molecule has 0 aliphatic carbocycles. The quantitative estimate of drug-likeness (QED) is 0.438. The molecule has 10 heavy (non-hydrogen) atoms. The minimum absolute atomic E-state index is 0.255. The Balaban J connectivity index is 3.22. The summed E-state index contributed by atoms with van der Waals surface area (Å²) in [5.41, 5.74) is -2.09. The molecule has 5 heteroatoms. The molecular weight excluding hydrogens is 140 g/mol. The van der Waals surface area contributed by atoms with Crippen LogP contribution < -0.4 is 16.7 Å². The first-order valence-corrected chi connectivity index (χ1v) is 2.43. The van der Waals surface area contributed by atoms with Crippen molar-refractivity contribution in [1.29, 1.82) is 0 Å². The summed E-state index contributed by atoms with van der Waals surface area (Å²) in [7, 11) is 0. The lowest BCUT2D eigenvalue weighted by atomic mass is 10.3. The first-order chi connectivity index (χ1) is 4.70. The lowest BCUT2D eigenvalue weighted by Gasteiger charge is -1.79. The van der Waals surface area contributed by atoms with Crippen LogP contribution in [0.1, 0.15) is 0 Å². The third-order valence-corrected chi connectivity index (χ3v) is 1.20. The van der Waals surface area contributed by atoms with Gasteiger partial charge in [-0.05, 0) is 0 Å². The second kappa shape index (κ2) is 1.26. The van der Waals surface area contributed by atoms with E-state index in [1.54, 1.807) is 0 Å². The van der Waals surface area contributed by atoms with E-state index in [4.69, 9.17) is 0 Å². The van der Waals surface area contributed by atoms with Gasteiger partial charge in [0.1, 0.15) is 0 Å². The molecule has 2 aromatic rings. The van der Waals surface area contributed by atoms with Gasteiger partial charge >= 0.3 is 5.82 Å². The Kier molecular flexibility index (Phi) is 0.649. The van der Waals surface area contributed by atoms with Crippen LogP contribution in [0.15, 0.2) is 23.2 Å². The lowest BCUT2D eigenvalue weighted by Crippen LogP contribution is -2.28. The molecule has 0 N–H and O–H groups in total. The van der Waals surface area contributed by atoms with E-state index in [9.17, 15) is 14.4 Å². The highest BCUT2D eigenvalue weighted by molar-refractivity contribution is 5.74. The summed E-state index contributed by atoms with van der Waals surface area (Å²) in [4.78, 5) is 31.1. The first kappa shape index (κ1) is 5.16. The third-order valence-electron chi connectivity index (χ3n) is 1.20. The molecule has 5 nitrogen and oxygen atoms in total. The van der Waals surface area contributed by atoms with Crippen molar-refractivity contribution in [3.05, 3.63) is 31.1 Å². The van der Waals surface area contributed by atoms with Crippen LogP contribution in [0.5, 0.6) is 0 Å². The molecule has 50 valence electrons. The van der Waals surface area contributed by atoms with E-state index in [-0.39, 0.29) is 11.2 Å². The molecule has 0 aliphatic rings. The van der Waals surface area contributed by atoms with Crippen LogP contribution in [0.2, 0.25) is 0 Å². The minimum Gasteiger partial charge on any atom is -0.386 e. The van der Waals surface area contributed by atoms with Crippen molar-refractivity contribution >= 4 is 11.2 Å². The maximum Gasteiger partial charge on any atom is 0.519 e. The second-order valence-electron chi connectivity index (χ2n) is 1.77. The lowest BCUT2D eigenvalue weighted by molar-refractivity contribution is 0.410. The molecule has 0 unspecified atom stereocenters. The van der Waals surface area contributed by atoms with Gasteiger partial charge < -0.3 is 8.83 Å². The van der Waals surface area contributed by atoms with Crippen LogP contribution in [0.4, 0.5) is 0 Å². The van der Waals surface area contributed by atoms with Crippen molar-refractivity contribution in [2.24, 2.45) is 0 Å². The Morgan fingerprint density at radius 2 is 1.20 bits per heavy atom. The zero-order chi connectivity index (χ0) is 7.30. The predicted octanol–water partition coefficient (Wildman–Crippen LogP) is -1.02. The van der Waals surface area contributed by atoms with Crippen LogP contribution in [0, 0.1) is 0 Å². The Morgan fingerprint density at radius 1 is 0.800 bits per heavy atom. The van der Waals surface area contributed by atoms with E-state index in [1.807, 2.05) is 0 Å². The molecule has 1 aromatic carbocycles. The second-order valence-corrected chi connectivity index (χ2v) is 1.77. The standard InChI is InChI=1S/C5O5/c6-1-2(7)4-3(1)9-5(8)10-4. The highest BCUT2D eigenvalue weighted by Gasteiger charge is 2.20. The number of rotatable bonds is 0. The van der Waals surface area contributed by atoms with E-state index in [0.717, 1.165) is 0 Å². The fourth-order valence-electron chi connectivity index (χ4n) is 0.723. The topological polar surface area (TPSA) is 77.5 Å². The van der Waals surface area contributed by atoms with E-state index >= 15 is 0 Å². The summed E-state index contributed by atoms with van der Waals surface area (Å²) in [6.07, 6.45) is 0. The van der Waals surface area contributed by atoms with Crippen LogP contribution in [-0.4, -0.2) is 0 Å². The first-order valence-electron chi connectivity index (χ1n) is 2.43. The molecule has 0 saturated heterocycles. The van der Waals surface area contributed by atoms with E-state index in [0.29, 0.717) is 0 Å². The van der Waals surface area contributed by atoms with Gasteiger partial charge in [-0.2, -0.15) is 0 Å². The SMILES string of the molecule is O=c1oc2c(=O)c(=O)c2o1. The van der Waals surface area contributed by atoms with Gasteiger partial charge in [0.25, 0.3) is 10.9 Å². The molecule has 0 aliphatic heterocycles. The average molecular weight is 140 g/mol. The van der Waals surface area contributed by atoms with Crippen LogP contribution >= 0.6 is 0 Å². The van der Waals surface area contributed by atoms with Crippen molar-refractivity contribution < 1.29 is 8.83 Å². The van der Waals surface area contributed by atoms with Crippen LogP contribution in [0.25, 0.3) is 11.2 Å². The molecule has 2 rings (SSSR count). The Hall–Kier alpha value is -1.65. The maximum absolute atomic E-state index is 10.4. The molecule has 0 bridgehead atoms. The molecule has 0 spiro atoms. The summed E-state index contributed by atoms with van der Waals surface area (Å²) < 4.78 is 8.38. The van der Waals surface area contributed by atoms with Crippen molar-refractivity contribution in [3.8, 4) is 0 Å². The number of hydrogen-bond acceptors (Lipinski definition) is 5. The minimum atomic E-state index is -1.01. The van der Waals surface area contributed by atoms with Gasteiger partial charge in [0.15, 0.2) is 0 Å². The maximum atomic E-state index is 10.4. The molecule has 0 radical (unpaired) electrons. The van der Waals surface area contributed by atoms with E-state index < -0.39 is 16.7 Å². The van der Waals surface area contributed by atoms with Crippen LogP contribution in [-0.2, 0) is 0 Å². The Labute approximate surface area is 52.2 Å². The van der Waals surface area contributed by atoms with Crippen molar-refractivity contribution in [2.75, 3.05) is 0 Å². The number of fused-ring (bicyclic) bond motifs is 1. The molecule has 0 atom stereocenters. The highest BCUT2D eigenvalue weighted by atomic mass is 16.6. The fourth-order valence-corrected chi connectivity index (χ4v) is 0.723. The largest absolute Gasteiger partial charge is 0.519 e. The van der Waals surface area contributed by atoms with Gasteiger partial charge in [0.2, 0.25) is 11.2 Å². The molecule has 1 heterocycles. The van der Waals surface area contributed by atoms with Gasteiger partial charge in [0, 0.05) is 0 Å². The summed E-state index contributed by atoms with van der Waals surface area (Å²) in [6.45, 7) is 0. The van der Waals surface area contributed by atoms with Gasteiger partial charge in [-0.3, -0.25) is 9.59 Å².